The lowest BCUT2D eigenvalue weighted by molar-refractivity contribution is 0.292. The van der Waals surface area contributed by atoms with Crippen LogP contribution in [0.5, 0.6) is 0 Å². The first kappa shape index (κ1) is 8.89. The standard InChI is InChI=1S/C10H19NS/c1-10(2)7-12-9-6-4-3-5-8(9)11-10/h8-9,11H,3-7H2,1-2H3. The van der Waals surface area contributed by atoms with E-state index < -0.39 is 0 Å². The molecule has 0 amide bonds. The number of fused-ring (bicyclic) bond motifs is 1. The van der Waals surface area contributed by atoms with Gasteiger partial charge < -0.3 is 5.32 Å². The summed E-state index contributed by atoms with van der Waals surface area (Å²) in [4.78, 5) is 0. The normalized spacial score (nSPS) is 40.5. The summed E-state index contributed by atoms with van der Waals surface area (Å²) in [7, 11) is 0. The summed E-state index contributed by atoms with van der Waals surface area (Å²) in [5.74, 6) is 1.29. The molecule has 1 aliphatic heterocycles. The third-order valence-corrected chi connectivity index (χ3v) is 4.82. The van der Waals surface area contributed by atoms with Gasteiger partial charge in [0.2, 0.25) is 0 Å². The molecule has 2 heteroatoms. The summed E-state index contributed by atoms with van der Waals surface area (Å²) in [6, 6.07) is 0.812. The molecule has 2 fully saturated rings. The van der Waals surface area contributed by atoms with Crippen LogP contribution in [0.4, 0.5) is 0 Å². The highest BCUT2D eigenvalue weighted by molar-refractivity contribution is 8.00. The fourth-order valence-corrected chi connectivity index (χ4v) is 3.80. The molecule has 0 aromatic heterocycles. The van der Waals surface area contributed by atoms with Gasteiger partial charge in [-0.1, -0.05) is 12.8 Å². The van der Waals surface area contributed by atoms with Crippen LogP contribution in [-0.2, 0) is 0 Å². The van der Waals surface area contributed by atoms with Crippen LogP contribution in [0.1, 0.15) is 39.5 Å². The van der Waals surface area contributed by atoms with E-state index in [4.69, 9.17) is 0 Å². The van der Waals surface area contributed by atoms with Crippen LogP contribution < -0.4 is 5.32 Å². The number of hydrogen-bond donors (Lipinski definition) is 1. The second-order valence-electron chi connectivity index (χ2n) is 4.77. The quantitative estimate of drug-likeness (QED) is 0.622. The van der Waals surface area contributed by atoms with E-state index in [1.807, 2.05) is 0 Å². The van der Waals surface area contributed by atoms with Crippen molar-refractivity contribution in [3.8, 4) is 0 Å². The Kier molecular flexibility index (Phi) is 2.39. The van der Waals surface area contributed by atoms with Gasteiger partial charge in [0.05, 0.1) is 0 Å². The highest BCUT2D eigenvalue weighted by atomic mass is 32.2. The van der Waals surface area contributed by atoms with Gasteiger partial charge >= 0.3 is 0 Å². The number of thioether (sulfide) groups is 1. The van der Waals surface area contributed by atoms with Gasteiger partial charge in [0.1, 0.15) is 0 Å². The van der Waals surface area contributed by atoms with Crippen molar-refractivity contribution in [3.63, 3.8) is 0 Å². The van der Waals surface area contributed by atoms with Gasteiger partial charge in [0, 0.05) is 22.6 Å². The Morgan fingerprint density at radius 3 is 2.83 bits per heavy atom. The Labute approximate surface area is 79.7 Å². The molecule has 1 saturated heterocycles. The Bertz CT molecular complexity index is 167. The van der Waals surface area contributed by atoms with E-state index in [2.05, 4.69) is 30.9 Å². The third-order valence-electron chi connectivity index (χ3n) is 2.94. The summed E-state index contributed by atoms with van der Waals surface area (Å²) in [5.41, 5.74) is 0.378. The van der Waals surface area contributed by atoms with Gasteiger partial charge in [0.25, 0.3) is 0 Å². The van der Waals surface area contributed by atoms with Gasteiger partial charge in [-0.25, -0.2) is 0 Å². The summed E-state index contributed by atoms with van der Waals surface area (Å²) >= 11 is 2.19. The second-order valence-corrected chi connectivity index (χ2v) is 6.00. The minimum atomic E-state index is 0.378. The van der Waals surface area contributed by atoms with Gasteiger partial charge in [-0.3, -0.25) is 0 Å². The molecule has 0 aromatic carbocycles. The molecule has 12 heavy (non-hydrogen) atoms. The average Bonchev–Trinajstić information content (AvgIpc) is 2.02. The van der Waals surface area contributed by atoms with Gasteiger partial charge in [-0.15, -0.1) is 0 Å². The lowest BCUT2D eigenvalue weighted by Gasteiger charge is -2.44. The Morgan fingerprint density at radius 2 is 2.00 bits per heavy atom. The summed E-state index contributed by atoms with van der Waals surface area (Å²) in [5, 5.41) is 4.70. The first-order valence-electron chi connectivity index (χ1n) is 5.07. The molecule has 1 heterocycles. The minimum Gasteiger partial charge on any atom is -0.307 e. The van der Waals surface area contributed by atoms with Crippen molar-refractivity contribution in [3.05, 3.63) is 0 Å². The average molecular weight is 185 g/mol. The van der Waals surface area contributed by atoms with Gasteiger partial charge in [-0.05, 0) is 26.7 Å². The highest BCUT2D eigenvalue weighted by Crippen LogP contribution is 2.35. The highest BCUT2D eigenvalue weighted by Gasteiger charge is 2.35. The molecular formula is C10H19NS. The molecular weight excluding hydrogens is 166 g/mol. The summed E-state index contributed by atoms with van der Waals surface area (Å²) < 4.78 is 0. The Balaban J connectivity index is 1.99. The van der Waals surface area contributed by atoms with Crippen LogP contribution in [0.25, 0.3) is 0 Å². The van der Waals surface area contributed by atoms with Crippen LogP contribution in [0.15, 0.2) is 0 Å². The Hall–Kier alpha value is 0.310. The molecule has 0 bridgehead atoms. The molecule has 2 rings (SSSR count). The van der Waals surface area contributed by atoms with E-state index in [9.17, 15) is 0 Å². The van der Waals surface area contributed by atoms with E-state index in [0.29, 0.717) is 5.54 Å². The van der Waals surface area contributed by atoms with Gasteiger partial charge in [0.15, 0.2) is 0 Å². The first-order valence-corrected chi connectivity index (χ1v) is 6.12. The maximum absolute atomic E-state index is 3.77. The molecule has 0 radical (unpaired) electrons. The maximum atomic E-state index is 3.77. The Morgan fingerprint density at radius 1 is 1.25 bits per heavy atom. The molecule has 2 unspecified atom stereocenters. The predicted octanol–water partition coefficient (Wildman–Crippen LogP) is 2.41. The third kappa shape index (κ3) is 1.80. The molecule has 0 aromatic rings. The predicted molar refractivity (Wildman–Crippen MR) is 55.7 cm³/mol. The topological polar surface area (TPSA) is 12.0 Å². The number of hydrogen-bond acceptors (Lipinski definition) is 2. The molecule has 1 N–H and O–H groups in total. The number of nitrogens with one attached hydrogen (secondary N) is 1. The fourth-order valence-electron chi connectivity index (χ4n) is 2.32. The van der Waals surface area contributed by atoms with E-state index in [1.165, 1.54) is 31.4 Å². The van der Waals surface area contributed by atoms with E-state index in [0.717, 1.165) is 11.3 Å². The lowest BCUT2D eigenvalue weighted by Crippen LogP contribution is -2.56. The molecule has 1 saturated carbocycles. The molecule has 2 aliphatic rings. The molecule has 1 nitrogen and oxygen atoms in total. The van der Waals surface area contributed by atoms with Gasteiger partial charge in [-0.2, -0.15) is 11.8 Å². The minimum absolute atomic E-state index is 0.378. The van der Waals surface area contributed by atoms with Crippen LogP contribution in [0.2, 0.25) is 0 Å². The van der Waals surface area contributed by atoms with Crippen LogP contribution in [0.3, 0.4) is 0 Å². The number of rotatable bonds is 0. The zero-order valence-electron chi connectivity index (χ0n) is 8.10. The molecule has 70 valence electrons. The van der Waals surface area contributed by atoms with E-state index in [-0.39, 0.29) is 0 Å². The van der Waals surface area contributed by atoms with Crippen molar-refractivity contribution >= 4 is 11.8 Å². The lowest BCUT2D eigenvalue weighted by atomic mass is 9.92. The largest absolute Gasteiger partial charge is 0.307 e. The monoisotopic (exact) mass is 185 g/mol. The smallest absolute Gasteiger partial charge is 0.0218 e. The molecule has 1 aliphatic carbocycles. The van der Waals surface area contributed by atoms with Crippen molar-refractivity contribution in [1.29, 1.82) is 0 Å². The molecule has 2 atom stereocenters. The van der Waals surface area contributed by atoms with Crippen molar-refractivity contribution in [2.75, 3.05) is 5.75 Å². The SMILES string of the molecule is CC1(C)CSC2CCCCC2N1. The van der Waals surface area contributed by atoms with E-state index in [1.54, 1.807) is 0 Å². The van der Waals surface area contributed by atoms with E-state index >= 15 is 0 Å². The summed E-state index contributed by atoms with van der Waals surface area (Å²) in [6.07, 6.45) is 5.74. The van der Waals surface area contributed by atoms with Crippen molar-refractivity contribution in [2.24, 2.45) is 0 Å². The first-order chi connectivity index (χ1) is 5.67. The zero-order chi connectivity index (χ0) is 8.60. The van der Waals surface area contributed by atoms with Crippen LogP contribution in [0, 0.1) is 0 Å². The van der Waals surface area contributed by atoms with Crippen LogP contribution in [-0.4, -0.2) is 22.6 Å². The van der Waals surface area contributed by atoms with Crippen LogP contribution >= 0.6 is 11.8 Å². The van der Waals surface area contributed by atoms with Crippen molar-refractivity contribution in [1.82, 2.24) is 5.32 Å². The zero-order valence-corrected chi connectivity index (χ0v) is 8.91. The van der Waals surface area contributed by atoms with Crippen molar-refractivity contribution < 1.29 is 0 Å². The summed E-state index contributed by atoms with van der Waals surface area (Å²) in [6.45, 7) is 4.65. The maximum Gasteiger partial charge on any atom is 0.0218 e. The fraction of sp³-hybridized carbons (Fsp3) is 1.00. The molecule has 0 spiro atoms. The van der Waals surface area contributed by atoms with Crippen molar-refractivity contribution in [2.45, 2.75) is 56.4 Å². The second kappa shape index (κ2) is 3.22.